The topological polar surface area (TPSA) is 52.3 Å². The van der Waals surface area contributed by atoms with Gasteiger partial charge in [0, 0.05) is 11.3 Å². The molecule has 0 bridgehead atoms. The van der Waals surface area contributed by atoms with Gasteiger partial charge >= 0.3 is 5.97 Å². The summed E-state index contributed by atoms with van der Waals surface area (Å²) in [4.78, 5) is 10.4. The van der Waals surface area contributed by atoms with E-state index < -0.39 is 0 Å². The number of anilines is 1. The molecule has 0 saturated carbocycles. The summed E-state index contributed by atoms with van der Waals surface area (Å²) in [7, 11) is 0. The molecule has 0 aliphatic carbocycles. The molecule has 0 aliphatic heterocycles. The Balaban J connectivity index is 0.000000281. The maximum absolute atomic E-state index is 10.4. The van der Waals surface area contributed by atoms with Crippen LogP contribution in [0.1, 0.15) is 19.4 Å². The van der Waals surface area contributed by atoms with Gasteiger partial charge in [-0.2, -0.15) is 0 Å². The van der Waals surface area contributed by atoms with E-state index in [1.165, 1.54) is 5.56 Å². The molecule has 88 valence electrons. The second-order valence-electron chi connectivity index (χ2n) is 3.41. The van der Waals surface area contributed by atoms with Crippen molar-refractivity contribution in [1.82, 2.24) is 0 Å². The molecule has 0 spiro atoms. The summed E-state index contributed by atoms with van der Waals surface area (Å²) >= 11 is 0. The SMILES string of the molecule is C=C(C)C(=O)OCC.Cc1ccc(N)cc1. The molecule has 3 nitrogen and oxygen atoms in total. The molecule has 0 amide bonds. The van der Waals surface area contributed by atoms with E-state index in [1.54, 1.807) is 13.8 Å². The van der Waals surface area contributed by atoms with Gasteiger partial charge in [-0.25, -0.2) is 4.79 Å². The molecule has 1 rings (SSSR count). The highest BCUT2D eigenvalue weighted by molar-refractivity contribution is 5.86. The average Bonchev–Trinajstić information content (AvgIpc) is 2.24. The van der Waals surface area contributed by atoms with E-state index in [0.717, 1.165) is 5.69 Å². The van der Waals surface area contributed by atoms with Crippen molar-refractivity contribution < 1.29 is 9.53 Å². The van der Waals surface area contributed by atoms with Crippen LogP contribution in [0.5, 0.6) is 0 Å². The van der Waals surface area contributed by atoms with Crippen molar-refractivity contribution in [2.75, 3.05) is 12.3 Å². The minimum absolute atomic E-state index is 0.312. The lowest BCUT2D eigenvalue weighted by atomic mass is 10.2. The minimum Gasteiger partial charge on any atom is -0.463 e. The van der Waals surface area contributed by atoms with E-state index in [1.807, 2.05) is 31.2 Å². The van der Waals surface area contributed by atoms with Crippen LogP contribution in [0.3, 0.4) is 0 Å². The Kier molecular flexibility index (Phi) is 6.68. The van der Waals surface area contributed by atoms with Crippen LogP contribution >= 0.6 is 0 Å². The number of benzene rings is 1. The summed E-state index contributed by atoms with van der Waals surface area (Å²) in [5.74, 6) is -0.312. The van der Waals surface area contributed by atoms with Gasteiger partial charge in [0.15, 0.2) is 0 Å². The number of hydrogen-bond donors (Lipinski definition) is 1. The molecule has 0 heterocycles. The summed E-state index contributed by atoms with van der Waals surface area (Å²) in [6, 6.07) is 7.79. The molecule has 0 aliphatic rings. The first-order chi connectivity index (χ1) is 7.47. The fraction of sp³-hybridized carbons (Fsp3) is 0.308. The zero-order chi connectivity index (χ0) is 12.6. The fourth-order valence-electron chi connectivity index (χ4n) is 0.821. The maximum atomic E-state index is 10.4. The second kappa shape index (κ2) is 7.51. The van der Waals surface area contributed by atoms with E-state index in [2.05, 4.69) is 11.3 Å². The monoisotopic (exact) mass is 221 g/mol. The number of hydrogen-bond acceptors (Lipinski definition) is 3. The number of nitrogen functional groups attached to an aromatic ring is 1. The van der Waals surface area contributed by atoms with Crippen LogP contribution in [0.15, 0.2) is 36.4 Å². The minimum atomic E-state index is -0.312. The predicted octanol–water partition coefficient (Wildman–Crippen LogP) is 2.70. The summed E-state index contributed by atoms with van der Waals surface area (Å²) in [5.41, 5.74) is 7.96. The highest BCUT2D eigenvalue weighted by Gasteiger charge is 1.98. The first-order valence-electron chi connectivity index (χ1n) is 5.12. The molecular formula is C13H19NO2. The van der Waals surface area contributed by atoms with Gasteiger partial charge in [-0.15, -0.1) is 0 Å². The molecule has 2 N–H and O–H groups in total. The number of aryl methyl sites for hydroxylation is 1. The van der Waals surface area contributed by atoms with Gasteiger partial charge < -0.3 is 10.5 Å². The summed E-state index contributed by atoms with van der Waals surface area (Å²) in [6.45, 7) is 9.25. The lowest BCUT2D eigenvalue weighted by Gasteiger charge is -1.96. The van der Waals surface area contributed by atoms with Crippen molar-refractivity contribution >= 4 is 11.7 Å². The van der Waals surface area contributed by atoms with Crippen LogP contribution < -0.4 is 5.73 Å². The number of carbonyl (C=O) groups is 1. The van der Waals surface area contributed by atoms with E-state index in [9.17, 15) is 4.79 Å². The van der Waals surface area contributed by atoms with Gasteiger partial charge in [0.05, 0.1) is 6.61 Å². The van der Waals surface area contributed by atoms with Gasteiger partial charge in [-0.3, -0.25) is 0 Å². The zero-order valence-electron chi connectivity index (χ0n) is 10.1. The third-order valence-electron chi connectivity index (χ3n) is 1.70. The van der Waals surface area contributed by atoms with E-state index in [0.29, 0.717) is 12.2 Å². The quantitative estimate of drug-likeness (QED) is 0.474. The molecule has 16 heavy (non-hydrogen) atoms. The number of carbonyl (C=O) groups excluding carboxylic acids is 1. The van der Waals surface area contributed by atoms with Crippen molar-refractivity contribution in [3.8, 4) is 0 Å². The molecule has 0 atom stereocenters. The third-order valence-corrected chi connectivity index (χ3v) is 1.70. The first-order valence-corrected chi connectivity index (χ1v) is 5.12. The highest BCUT2D eigenvalue weighted by atomic mass is 16.5. The largest absolute Gasteiger partial charge is 0.463 e. The van der Waals surface area contributed by atoms with Gasteiger partial charge in [0.1, 0.15) is 0 Å². The molecular weight excluding hydrogens is 202 g/mol. The zero-order valence-corrected chi connectivity index (χ0v) is 10.1. The Morgan fingerprint density at radius 3 is 2.12 bits per heavy atom. The standard InChI is InChI=1S/C7H9N.C6H10O2/c1-6-2-4-7(8)5-3-6;1-4-8-6(7)5(2)3/h2-5H,8H2,1H3;2,4H2,1,3H3. The van der Waals surface area contributed by atoms with Gasteiger partial charge in [-0.05, 0) is 32.9 Å². The third kappa shape index (κ3) is 6.65. The summed E-state index contributed by atoms with van der Waals surface area (Å²) in [5, 5.41) is 0. The van der Waals surface area contributed by atoms with Crippen molar-refractivity contribution in [1.29, 1.82) is 0 Å². The Morgan fingerprint density at radius 2 is 1.88 bits per heavy atom. The van der Waals surface area contributed by atoms with Crippen molar-refractivity contribution in [2.45, 2.75) is 20.8 Å². The number of rotatable bonds is 2. The first kappa shape index (κ1) is 14.2. The normalized spacial score (nSPS) is 8.69. The molecule has 0 unspecified atom stereocenters. The lowest BCUT2D eigenvalue weighted by Crippen LogP contribution is -2.03. The second-order valence-corrected chi connectivity index (χ2v) is 3.41. The molecule has 1 aromatic carbocycles. The van der Waals surface area contributed by atoms with E-state index >= 15 is 0 Å². The Hall–Kier alpha value is -1.77. The molecule has 0 aromatic heterocycles. The van der Waals surface area contributed by atoms with Crippen molar-refractivity contribution in [2.24, 2.45) is 0 Å². The van der Waals surface area contributed by atoms with Crippen molar-refractivity contribution in [3.05, 3.63) is 42.0 Å². The predicted molar refractivity (Wildman–Crippen MR) is 67.0 cm³/mol. The molecule has 1 aromatic rings. The molecule has 3 heteroatoms. The van der Waals surface area contributed by atoms with Crippen LogP contribution in [-0.2, 0) is 9.53 Å². The number of ether oxygens (including phenoxy) is 1. The Bertz CT molecular complexity index is 320. The molecule has 0 saturated heterocycles. The number of esters is 1. The van der Waals surface area contributed by atoms with Crippen LogP contribution in [-0.4, -0.2) is 12.6 Å². The van der Waals surface area contributed by atoms with E-state index in [-0.39, 0.29) is 5.97 Å². The maximum Gasteiger partial charge on any atom is 0.333 e. The summed E-state index contributed by atoms with van der Waals surface area (Å²) in [6.07, 6.45) is 0. The van der Waals surface area contributed by atoms with Gasteiger partial charge in [-0.1, -0.05) is 24.3 Å². The van der Waals surface area contributed by atoms with Crippen LogP contribution in [0.4, 0.5) is 5.69 Å². The summed E-state index contributed by atoms with van der Waals surface area (Å²) < 4.78 is 4.56. The van der Waals surface area contributed by atoms with Gasteiger partial charge in [0.2, 0.25) is 0 Å². The average molecular weight is 221 g/mol. The lowest BCUT2D eigenvalue weighted by molar-refractivity contribution is -0.138. The molecule has 0 fully saturated rings. The van der Waals surface area contributed by atoms with Crippen LogP contribution in [0.2, 0.25) is 0 Å². The van der Waals surface area contributed by atoms with Crippen molar-refractivity contribution in [3.63, 3.8) is 0 Å². The number of nitrogens with two attached hydrogens (primary N) is 1. The fourth-order valence-corrected chi connectivity index (χ4v) is 0.821. The van der Waals surface area contributed by atoms with E-state index in [4.69, 9.17) is 5.73 Å². The Morgan fingerprint density at radius 1 is 1.38 bits per heavy atom. The molecule has 0 radical (unpaired) electrons. The van der Waals surface area contributed by atoms with Crippen LogP contribution in [0.25, 0.3) is 0 Å². The smallest absolute Gasteiger partial charge is 0.333 e. The Labute approximate surface area is 96.9 Å². The highest BCUT2D eigenvalue weighted by Crippen LogP contribution is 2.02. The van der Waals surface area contributed by atoms with Gasteiger partial charge in [0.25, 0.3) is 0 Å². The van der Waals surface area contributed by atoms with Crippen LogP contribution in [0, 0.1) is 6.92 Å².